The molecule has 4 rings (SSSR count). The average molecular weight is 225 g/mol. The van der Waals surface area contributed by atoms with E-state index in [2.05, 4.69) is 29.6 Å². The molecule has 1 aromatic rings. The standard InChI is InChI=1S/C16H19N/c1-2-7-13-12(4-1)10-15-14(13)8-9-17-16(15)11-5-3-6-11/h1-2,4,7,11,16-17H,3,5-6,8-10H2. The highest BCUT2D eigenvalue weighted by atomic mass is 14.9. The first kappa shape index (κ1) is 9.90. The maximum Gasteiger partial charge on any atom is 0.0317 e. The fourth-order valence-corrected chi connectivity index (χ4v) is 3.75. The predicted molar refractivity (Wildman–Crippen MR) is 70.8 cm³/mol. The van der Waals surface area contributed by atoms with Crippen LogP contribution in [0.15, 0.2) is 29.8 Å². The van der Waals surface area contributed by atoms with Crippen LogP contribution in [0, 0.1) is 5.92 Å². The van der Waals surface area contributed by atoms with Crippen LogP contribution in [0.5, 0.6) is 0 Å². The van der Waals surface area contributed by atoms with Crippen molar-refractivity contribution in [2.24, 2.45) is 5.92 Å². The summed E-state index contributed by atoms with van der Waals surface area (Å²) in [7, 11) is 0. The minimum absolute atomic E-state index is 0.694. The van der Waals surface area contributed by atoms with Gasteiger partial charge in [-0.15, -0.1) is 0 Å². The molecule has 0 spiro atoms. The van der Waals surface area contributed by atoms with Crippen molar-refractivity contribution < 1.29 is 0 Å². The van der Waals surface area contributed by atoms with Gasteiger partial charge in [0, 0.05) is 6.04 Å². The Bertz CT molecular complexity index is 482. The first-order valence-electron chi connectivity index (χ1n) is 6.97. The largest absolute Gasteiger partial charge is 0.310 e. The first-order chi connectivity index (χ1) is 8.43. The number of fused-ring (bicyclic) bond motifs is 2. The maximum atomic E-state index is 3.77. The van der Waals surface area contributed by atoms with Crippen molar-refractivity contribution in [3.05, 3.63) is 41.0 Å². The maximum absolute atomic E-state index is 3.77. The molecule has 0 radical (unpaired) electrons. The zero-order chi connectivity index (χ0) is 11.2. The van der Waals surface area contributed by atoms with Gasteiger partial charge in [0.05, 0.1) is 0 Å². The Morgan fingerprint density at radius 3 is 2.82 bits per heavy atom. The molecule has 17 heavy (non-hydrogen) atoms. The smallest absolute Gasteiger partial charge is 0.0317 e. The first-order valence-corrected chi connectivity index (χ1v) is 6.97. The van der Waals surface area contributed by atoms with Gasteiger partial charge in [-0.25, -0.2) is 0 Å². The lowest BCUT2D eigenvalue weighted by Gasteiger charge is -2.38. The fourth-order valence-electron chi connectivity index (χ4n) is 3.75. The van der Waals surface area contributed by atoms with Gasteiger partial charge in [0.25, 0.3) is 0 Å². The topological polar surface area (TPSA) is 12.0 Å². The van der Waals surface area contributed by atoms with Gasteiger partial charge >= 0.3 is 0 Å². The van der Waals surface area contributed by atoms with Gasteiger partial charge < -0.3 is 5.32 Å². The van der Waals surface area contributed by atoms with Gasteiger partial charge in [-0.1, -0.05) is 30.7 Å². The SMILES string of the molecule is c1ccc2c(c1)CC1=C2CCNC1C1CCC1. The van der Waals surface area contributed by atoms with Gasteiger partial charge in [0.15, 0.2) is 0 Å². The molecule has 88 valence electrons. The Morgan fingerprint density at radius 1 is 1.12 bits per heavy atom. The second kappa shape index (κ2) is 3.71. The molecule has 1 fully saturated rings. The van der Waals surface area contributed by atoms with Crippen molar-refractivity contribution in [3.63, 3.8) is 0 Å². The summed E-state index contributed by atoms with van der Waals surface area (Å²) >= 11 is 0. The summed E-state index contributed by atoms with van der Waals surface area (Å²) in [4.78, 5) is 0. The summed E-state index contributed by atoms with van der Waals surface area (Å²) in [6.07, 6.45) is 6.75. The van der Waals surface area contributed by atoms with Crippen molar-refractivity contribution in [2.45, 2.75) is 38.1 Å². The van der Waals surface area contributed by atoms with Crippen LogP contribution in [0.25, 0.3) is 5.57 Å². The highest BCUT2D eigenvalue weighted by Crippen LogP contribution is 2.43. The van der Waals surface area contributed by atoms with Crippen LogP contribution in [-0.2, 0) is 6.42 Å². The highest BCUT2D eigenvalue weighted by molar-refractivity contribution is 5.78. The van der Waals surface area contributed by atoms with E-state index < -0.39 is 0 Å². The number of benzene rings is 1. The van der Waals surface area contributed by atoms with Crippen LogP contribution in [-0.4, -0.2) is 12.6 Å². The molecule has 2 aliphatic carbocycles. The van der Waals surface area contributed by atoms with E-state index in [4.69, 9.17) is 0 Å². The van der Waals surface area contributed by atoms with Crippen molar-refractivity contribution >= 4 is 5.57 Å². The molecule has 1 aliphatic heterocycles. The molecule has 1 nitrogen and oxygen atoms in total. The molecule has 1 saturated carbocycles. The van der Waals surface area contributed by atoms with E-state index >= 15 is 0 Å². The second-order valence-corrected chi connectivity index (χ2v) is 5.71. The van der Waals surface area contributed by atoms with E-state index in [1.807, 2.05) is 0 Å². The molecule has 0 saturated heterocycles. The molecule has 3 aliphatic rings. The normalized spacial score (nSPS) is 27.6. The minimum atomic E-state index is 0.694. The molecular formula is C16H19N. The lowest BCUT2D eigenvalue weighted by atomic mass is 9.74. The number of rotatable bonds is 1. The van der Waals surface area contributed by atoms with Crippen LogP contribution >= 0.6 is 0 Å². The van der Waals surface area contributed by atoms with Gasteiger partial charge in [-0.2, -0.15) is 0 Å². The Hall–Kier alpha value is -1.08. The third kappa shape index (κ3) is 1.42. The van der Waals surface area contributed by atoms with Crippen molar-refractivity contribution in [3.8, 4) is 0 Å². The Balaban J connectivity index is 1.74. The molecule has 1 aromatic carbocycles. The summed E-state index contributed by atoms with van der Waals surface area (Å²) in [5.41, 5.74) is 6.51. The molecule has 1 atom stereocenters. The second-order valence-electron chi connectivity index (χ2n) is 5.71. The molecule has 1 heteroatoms. The molecular weight excluding hydrogens is 206 g/mol. The molecule has 0 aromatic heterocycles. The van der Waals surface area contributed by atoms with Crippen LogP contribution in [0.1, 0.15) is 36.8 Å². The molecule has 0 bridgehead atoms. The Morgan fingerprint density at radius 2 is 2.00 bits per heavy atom. The van der Waals surface area contributed by atoms with Crippen LogP contribution < -0.4 is 5.32 Å². The quantitative estimate of drug-likeness (QED) is 0.774. The third-order valence-electron chi connectivity index (χ3n) is 4.85. The van der Waals surface area contributed by atoms with E-state index in [0.717, 1.165) is 5.92 Å². The van der Waals surface area contributed by atoms with E-state index in [9.17, 15) is 0 Å². The lowest BCUT2D eigenvalue weighted by molar-refractivity contribution is 0.248. The van der Waals surface area contributed by atoms with Crippen LogP contribution in [0.4, 0.5) is 0 Å². The monoisotopic (exact) mass is 225 g/mol. The Kier molecular flexibility index (Phi) is 2.16. The summed E-state index contributed by atoms with van der Waals surface area (Å²) in [5, 5.41) is 3.77. The number of nitrogens with one attached hydrogen (secondary N) is 1. The van der Waals surface area contributed by atoms with Crippen LogP contribution in [0.3, 0.4) is 0 Å². The predicted octanol–water partition coefficient (Wildman–Crippen LogP) is 3.16. The summed E-state index contributed by atoms with van der Waals surface area (Å²) in [6, 6.07) is 9.70. The summed E-state index contributed by atoms with van der Waals surface area (Å²) in [5.74, 6) is 0.926. The summed E-state index contributed by atoms with van der Waals surface area (Å²) in [6.45, 7) is 1.17. The molecule has 1 N–H and O–H groups in total. The van der Waals surface area contributed by atoms with E-state index in [1.54, 1.807) is 22.3 Å². The molecule has 1 heterocycles. The van der Waals surface area contributed by atoms with Gasteiger partial charge in [-0.05, 0) is 60.4 Å². The van der Waals surface area contributed by atoms with E-state index in [-0.39, 0.29) is 0 Å². The van der Waals surface area contributed by atoms with Gasteiger partial charge in [0.2, 0.25) is 0 Å². The van der Waals surface area contributed by atoms with Gasteiger partial charge in [-0.3, -0.25) is 0 Å². The number of hydrogen-bond acceptors (Lipinski definition) is 1. The van der Waals surface area contributed by atoms with E-state index in [0.29, 0.717) is 6.04 Å². The average Bonchev–Trinajstić information content (AvgIpc) is 2.67. The van der Waals surface area contributed by atoms with Crippen molar-refractivity contribution in [1.82, 2.24) is 5.32 Å². The van der Waals surface area contributed by atoms with Crippen molar-refractivity contribution in [1.29, 1.82) is 0 Å². The number of hydrogen-bond donors (Lipinski definition) is 1. The fraction of sp³-hybridized carbons (Fsp3) is 0.500. The molecule has 0 amide bonds. The van der Waals surface area contributed by atoms with E-state index in [1.165, 1.54) is 38.6 Å². The highest BCUT2D eigenvalue weighted by Gasteiger charge is 2.36. The Labute approximate surface area is 103 Å². The lowest BCUT2D eigenvalue weighted by Crippen LogP contribution is -2.44. The van der Waals surface area contributed by atoms with Gasteiger partial charge in [0.1, 0.15) is 0 Å². The van der Waals surface area contributed by atoms with Crippen LogP contribution in [0.2, 0.25) is 0 Å². The zero-order valence-corrected chi connectivity index (χ0v) is 10.2. The third-order valence-corrected chi connectivity index (χ3v) is 4.85. The zero-order valence-electron chi connectivity index (χ0n) is 10.2. The molecule has 1 unspecified atom stereocenters. The van der Waals surface area contributed by atoms with Crippen molar-refractivity contribution in [2.75, 3.05) is 6.54 Å². The minimum Gasteiger partial charge on any atom is -0.310 e. The summed E-state index contributed by atoms with van der Waals surface area (Å²) < 4.78 is 0.